The summed E-state index contributed by atoms with van der Waals surface area (Å²) in [6.45, 7) is 7.41. The molecule has 0 heterocycles. The molecule has 2 N–H and O–H groups in total. The maximum Gasteiger partial charge on any atom is 0.255 e. The Morgan fingerprint density at radius 2 is 1.69 bits per heavy atom. The Labute approximate surface area is 171 Å². The van der Waals surface area contributed by atoms with E-state index in [0.717, 1.165) is 6.26 Å². The Bertz CT molecular complexity index is 999. The molecule has 0 aromatic heterocycles. The summed E-state index contributed by atoms with van der Waals surface area (Å²) in [5.74, 6) is -0.685. The standard InChI is InChI=1S/C21H25N3O4S/c1-5-14-24(29(4,27)28)17-12-10-16(11-13-17)20(25)23-19-9-7-6-8-18(19)21(26)22-15(2)3/h5-13,15H,1,14H2,2-4H3,(H,22,26)(H,23,25). The second-order valence-corrected chi connectivity index (χ2v) is 8.66. The van der Waals surface area contributed by atoms with Crippen LogP contribution in [0.1, 0.15) is 34.6 Å². The van der Waals surface area contributed by atoms with Crippen molar-refractivity contribution in [2.45, 2.75) is 19.9 Å². The topological polar surface area (TPSA) is 95.6 Å². The highest BCUT2D eigenvalue weighted by Crippen LogP contribution is 2.20. The minimum Gasteiger partial charge on any atom is -0.350 e. The van der Waals surface area contributed by atoms with Crippen molar-refractivity contribution in [2.75, 3.05) is 22.4 Å². The molecule has 0 spiro atoms. The lowest BCUT2D eigenvalue weighted by atomic mass is 10.1. The summed E-state index contributed by atoms with van der Waals surface area (Å²) in [6.07, 6.45) is 2.59. The molecule has 2 rings (SSSR count). The Balaban J connectivity index is 2.23. The van der Waals surface area contributed by atoms with E-state index in [1.165, 1.54) is 22.5 Å². The Morgan fingerprint density at radius 1 is 1.07 bits per heavy atom. The maximum absolute atomic E-state index is 12.6. The van der Waals surface area contributed by atoms with Crippen LogP contribution in [0.2, 0.25) is 0 Å². The number of nitrogens with one attached hydrogen (secondary N) is 2. The molecule has 29 heavy (non-hydrogen) atoms. The third kappa shape index (κ3) is 5.92. The second kappa shape index (κ2) is 9.38. The van der Waals surface area contributed by atoms with Gasteiger partial charge in [-0.3, -0.25) is 13.9 Å². The van der Waals surface area contributed by atoms with Gasteiger partial charge in [0.1, 0.15) is 0 Å². The molecular formula is C21H25N3O4S. The highest BCUT2D eigenvalue weighted by molar-refractivity contribution is 7.92. The van der Waals surface area contributed by atoms with Crippen molar-refractivity contribution >= 4 is 33.2 Å². The fourth-order valence-electron chi connectivity index (χ4n) is 2.65. The Kier molecular flexibility index (Phi) is 7.17. The molecule has 0 aliphatic rings. The van der Waals surface area contributed by atoms with Gasteiger partial charge in [0.05, 0.1) is 29.7 Å². The lowest BCUT2D eigenvalue weighted by molar-refractivity contribution is 0.0944. The molecule has 7 nitrogen and oxygen atoms in total. The zero-order valence-electron chi connectivity index (χ0n) is 16.7. The first-order valence-corrected chi connectivity index (χ1v) is 10.9. The van der Waals surface area contributed by atoms with Gasteiger partial charge in [-0.2, -0.15) is 0 Å². The first-order chi connectivity index (χ1) is 13.6. The Morgan fingerprint density at radius 3 is 2.24 bits per heavy atom. The zero-order chi connectivity index (χ0) is 21.6. The second-order valence-electron chi connectivity index (χ2n) is 6.76. The molecule has 0 fully saturated rings. The van der Waals surface area contributed by atoms with Gasteiger partial charge in [0, 0.05) is 11.6 Å². The number of anilines is 2. The van der Waals surface area contributed by atoms with E-state index < -0.39 is 15.9 Å². The molecule has 0 saturated heterocycles. The van der Waals surface area contributed by atoms with Gasteiger partial charge in [-0.25, -0.2) is 8.42 Å². The number of nitrogens with zero attached hydrogens (tertiary/aromatic N) is 1. The van der Waals surface area contributed by atoms with E-state index in [1.54, 1.807) is 36.4 Å². The van der Waals surface area contributed by atoms with E-state index in [1.807, 2.05) is 13.8 Å². The number of sulfonamides is 1. The average Bonchev–Trinajstić information content (AvgIpc) is 2.65. The predicted octanol–water partition coefficient (Wildman–Crippen LogP) is 3.03. The summed E-state index contributed by atoms with van der Waals surface area (Å²) in [7, 11) is -3.47. The zero-order valence-corrected chi connectivity index (χ0v) is 17.5. The van der Waals surface area contributed by atoms with E-state index in [0.29, 0.717) is 22.5 Å². The quantitative estimate of drug-likeness (QED) is 0.648. The van der Waals surface area contributed by atoms with Crippen molar-refractivity contribution in [3.8, 4) is 0 Å². The van der Waals surface area contributed by atoms with Gasteiger partial charge in [-0.1, -0.05) is 18.2 Å². The number of hydrogen-bond donors (Lipinski definition) is 2. The van der Waals surface area contributed by atoms with Crippen molar-refractivity contribution in [1.82, 2.24) is 5.32 Å². The van der Waals surface area contributed by atoms with E-state index in [9.17, 15) is 18.0 Å². The van der Waals surface area contributed by atoms with Crippen LogP contribution in [0.5, 0.6) is 0 Å². The number of amides is 2. The van der Waals surface area contributed by atoms with Crippen LogP contribution in [0.15, 0.2) is 61.2 Å². The molecule has 8 heteroatoms. The van der Waals surface area contributed by atoms with Crippen molar-refractivity contribution in [1.29, 1.82) is 0 Å². The smallest absolute Gasteiger partial charge is 0.255 e. The molecule has 0 radical (unpaired) electrons. The van der Waals surface area contributed by atoms with Gasteiger partial charge in [0.2, 0.25) is 10.0 Å². The molecule has 154 valence electrons. The van der Waals surface area contributed by atoms with E-state index in [-0.39, 0.29) is 18.5 Å². The lowest BCUT2D eigenvalue weighted by Gasteiger charge is -2.20. The van der Waals surface area contributed by atoms with Gasteiger partial charge in [-0.15, -0.1) is 6.58 Å². The monoisotopic (exact) mass is 415 g/mol. The molecule has 0 saturated carbocycles. The SMILES string of the molecule is C=CCN(c1ccc(C(=O)Nc2ccccc2C(=O)NC(C)C)cc1)S(C)(=O)=O. The fraction of sp³-hybridized carbons (Fsp3) is 0.238. The molecular weight excluding hydrogens is 390 g/mol. The van der Waals surface area contributed by atoms with Crippen LogP contribution in [0.3, 0.4) is 0 Å². The van der Waals surface area contributed by atoms with Gasteiger partial charge in [-0.05, 0) is 50.2 Å². The molecule has 0 aliphatic heterocycles. The maximum atomic E-state index is 12.6. The van der Waals surface area contributed by atoms with Crippen LogP contribution in [-0.2, 0) is 10.0 Å². The van der Waals surface area contributed by atoms with Crippen LogP contribution < -0.4 is 14.9 Å². The molecule has 2 aromatic carbocycles. The first-order valence-electron chi connectivity index (χ1n) is 9.03. The molecule has 0 atom stereocenters. The third-order valence-corrected chi connectivity index (χ3v) is 5.11. The number of benzene rings is 2. The van der Waals surface area contributed by atoms with Crippen LogP contribution in [0.4, 0.5) is 11.4 Å². The first kappa shape index (κ1) is 22.2. The van der Waals surface area contributed by atoms with Gasteiger partial charge in [0.25, 0.3) is 11.8 Å². The summed E-state index contributed by atoms with van der Waals surface area (Å²) in [6, 6.07) is 12.9. The normalized spacial score (nSPS) is 11.0. The van der Waals surface area contributed by atoms with Crippen molar-refractivity contribution < 1.29 is 18.0 Å². The molecule has 0 aliphatic carbocycles. The average molecular weight is 416 g/mol. The minimum atomic E-state index is -3.47. The van der Waals surface area contributed by atoms with Gasteiger partial charge >= 0.3 is 0 Å². The summed E-state index contributed by atoms with van der Waals surface area (Å²) >= 11 is 0. The number of carbonyl (C=O) groups excluding carboxylic acids is 2. The minimum absolute atomic E-state index is 0.0350. The number of para-hydroxylation sites is 1. The Hall–Kier alpha value is -3.13. The van der Waals surface area contributed by atoms with E-state index >= 15 is 0 Å². The highest BCUT2D eigenvalue weighted by atomic mass is 32.2. The van der Waals surface area contributed by atoms with E-state index in [2.05, 4.69) is 17.2 Å². The number of hydrogen-bond acceptors (Lipinski definition) is 4. The summed E-state index contributed by atoms with van der Waals surface area (Å²) in [5, 5.41) is 5.53. The van der Waals surface area contributed by atoms with Gasteiger partial charge in [0.15, 0.2) is 0 Å². The van der Waals surface area contributed by atoms with Crippen LogP contribution in [0.25, 0.3) is 0 Å². The van der Waals surface area contributed by atoms with Crippen molar-refractivity contribution in [2.24, 2.45) is 0 Å². The van der Waals surface area contributed by atoms with Crippen molar-refractivity contribution in [3.05, 3.63) is 72.3 Å². The van der Waals surface area contributed by atoms with Crippen LogP contribution >= 0.6 is 0 Å². The van der Waals surface area contributed by atoms with Crippen LogP contribution in [0, 0.1) is 0 Å². The molecule has 2 aromatic rings. The van der Waals surface area contributed by atoms with E-state index in [4.69, 9.17) is 0 Å². The van der Waals surface area contributed by atoms with Crippen molar-refractivity contribution in [3.63, 3.8) is 0 Å². The number of carbonyl (C=O) groups is 2. The third-order valence-electron chi connectivity index (χ3n) is 3.95. The molecule has 0 unspecified atom stereocenters. The highest BCUT2D eigenvalue weighted by Gasteiger charge is 2.18. The summed E-state index contributed by atoms with van der Waals surface area (Å²) in [5.41, 5.74) is 1.52. The molecule has 0 bridgehead atoms. The summed E-state index contributed by atoms with van der Waals surface area (Å²) < 4.78 is 25.0. The largest absolute Gasteiger partial charge is 0.350 e. The number of rotatable bonds is 8. The van der Waals surface area contributed by atoms with Gasteiger partial charge < -0.3 is 10.6 Å². The van der Waals surface area contributed by atoms with Crippen LogP contribution in [-0.4, -0.2) is 39.1 Å². The lowest BCUT2D eigenvalue weighted by Crippen LogP contribution is -2.31. The summed E-state index contributed by atoms with van der Waals surface area (Å²) in [4.78, 5) is 25.0. The molecule has 2 amide bonds. The fourth-order valence-corrected chi connectivity index (χ4v) is 3.53. The predicted molar refractivity (Wildman–Crippen MR) is 116 cm³/mol.